The normalized spacial score (nSPS) is 10.9. The highest BCUT2D eigenvalue weighted by atomic mass is 19.1. The lowest BCUT2D eigenvalue weighted by Crippen LogP contribution is -2.01. The van der Waals surface area contributed by atoms with E-state index in [4.69, 9.17) is 5.10 Å². The Hall–Kier alpha value is -3.87. The molecular formula is C24H21FN4O2. The van der Waals surface area contributed by atoms with Crippen LogP contribution in [-0.2, 0) is 19.9 Å². The molecular weight excluding hydrogens is 395 g/mol. The second-order valence-corrected chi connectivity index (χ2v) is 7.31. The molecule has 7 heteroatoms. The number of nitro groups is 1. The van der Waals surface area contributed by atoms with Crippen molar-refractivity contribution in [1.29, 1.82) is 0 Å². The largest absolute Gasteiger partial charge is 0.271 e. The van der Waals surface area contributed by atoms with Gasteiger partial charge in [0.1, 0.15) is 11.5 Å². The van der Waals surface area contributed by atoms with Crippen molar-refractivity contribution in [3.05, 3.63) is 100 Å². The van der Waals surface area contributed by atoms with Crippen molar-refractivity contribution in [2.75, 3.05) is 0 Å². The highest BCUT2D eigenvalue weighted by Crippen LogP contribution is 2.35. The quantitative estimate of drug-likeness (QED) is 0.300. The smallest absolute Gasteiger partial charge is 0.269 e. The third-order valence-electron chi connectivity index (χ3n) is 5.28. The van der Waals surface area contributed by atoms with Crippen LogP contribution in [0.4, 0.5) is 10.1 Å². The first-order valence-corrected chi connectivity index (χ1v) is 9.98. The predicted molar refractivity (Wildman–Crippen MR) is 117 cm³/mol. The minimum atomic E-state index is -0.391. The lowest BCUT2D eigenvalue weighted by Gasteiger charge is -2.08. The molecule has 2 aromatic carbocycles. The van der Waals surface area contributed by atoms with Gasteiger partial charge in [-0.1, -0.05) is 12.1 Å². The number of aromatic nitrogens is 3. The van der Waals surface area contributed by atoms with Crippen LogP contribution in [0, 0.1) is 15.9 Å². The van der Waals surface area contributed by atoms with Crippen LogP contribution in [-0.4, -0.2) is 19.7 Å². The maximum atomic E-state index is 13.4. The number of nitro benzene ring substituents is 1. The molecule has 0 fully saturated rings. The van der Waals surface area contributed by atoms with E-state index in [1.54, 1.807) is 36.7 Å². The van der Waals surface area contributed by atoms with E-state index >= 15 is 0 Å². The van der Waals surface area contributed by atoms with E-state index in [2.05, 4.69) is 4.98 Å². The van der Waals surface area contributed by atoms with Crippen molar-refractivity contribution < 1.29 is 9.31 Å². The summed E-state index contributed by atoms with van der Waals surface area (Å²) < 4.78 is 15.3. The minimum Gasteiger partial charge on any atom is -0.271 e. The van der Waals surface area contributed by atoms with Gasteiger partial charge in [0.05, 0.1) is 4.92 Å². The molecule has 2 aromatic heterocycles. The molecule has 2 heterocycles. The Morgan fingerprint density at radius 1 is 0.935 bits per heavy atom. The summed E-state index contributed by atoms with van der Waals surface area (Å²) >= 11 is 0. The summed E-state index contributed by atoms with van der Waals surface area (Å²) in [5.41, 5.74) is 5.90. The number of aryl methyl sites for hydroxylation is 2. The van der Waals surface area contributed by atoms with Crippen LogP contribution in [0.3, 0.4) is 0 Å². The molecule has 0 aliphatic heterocycles. The zero-order valence-electron chi connectivity index (χ0n) is 17.0. The Labute approximate surface area is 179 Å². The molecule has 0 saturated heterocycles. The number of non-ortho nitro benzene ring substituents is 1. The molecule has 0 amide bonds. The first kappa shape index (κ1) is 20.4. The second kappa shape index (κ2) is 8.87. The second-order valence-electron chi connectivity index (χ2n) is 7.31. The van der Waals surface area contributed by atoms with Gasteiger partial charge in [0.25, 0.3) is 5.69 Å². The molecule has 0 N–H and O–H groups in total. The zero-order chi connectivity index (χ0) is 21.8. The number of nitrogens with zero attached hydrogens (tertiary/aromatic N) is 4. The molecule has 0 aliphatic carbocycles. The lowest BCUT2D eigenvalue weighted by molar-refractivity contribution is -0.384. The van der Waals surface area contributed by atoms with Crippen LogP contribution < -0.4 is 0 Å². The summed E-state index contributed by atoms with van der Waals surface area (Å²) in [5, 5.41) is 15.6. The average molecular weight is 416 g/mol. The molecule has 0 spiro atoms. The van der Waals surface area contributed by atoms with E-state index in [-0.39, 0.29) is 11.5 Å². The van der Waals surface area contributed by atoms with Gasteiger partial charge in [-0.2, -0.15) is 5.10 Å². The van der Waals surface area contributed by atoms with Gasteiger partial charge in [0.2, 0.25) is 0 Å². The molecule has 6 nitrogen and oxygen atoms in total. The minimum absolute atomic E-state index is 0.0966. The zero-order valence-corrected chi connectivity index (χ0v) is 17.0. The molecule has 0 radical (unpaired) electrons. The summed E-state index contributed by atoms with van der Waals surface area (Å²) in [4.78, 5) is 14.6. The fraction of sp³-hybridized carbons (Fsp3) is 0.167. The third-order valence-corrected chi connectivity index (χ3v) is 5.28. The molecule has 31 heavy (non-hydrogen) atoms. The topological polar surface area (TPSA) is 73.8 Å². The predicted octanol–water partition coefficient (Wildman–Crippen LogP) is 5.37. The number of benzene rings is 2. The Bertz CT molecular complexity index is 1190. The Morgan fingerprint density at radius 3 is 2.26 bits per heavy atom. The maximum Gasteiger partial charge on any atom is 0.269 e. The Balaban J connectivity index is 1.62. The molecule has 0 atom stereocenters. The van der Waals surface area contributed by atoms with Crippen molar-refractivity contribution in [3.8, 4) is 22.4 Å². The van der Waals surface area contributed by atoms with Gasteiger partial charge in [-0.3, -0.25) is 19.8 Å². The SMILES string of the molecule is Cn1nc(-c2ccc(F)cc2)c(-c2ccncc2)c1CCCc1ccc([N+](=O)[O-])cc1. The number of pyridine rings is 1. The van der Waals surface area contributed by atoms with Gasteiger partial charge in [-0.15, -0.1) is 0 Å². The number of halogens is 1. The summed E-state index contributed by atoms with van der Waals surface area (Å²) in [7, 11) is 1.92. The molecule has 0 aliphatic rings. The molecule has 4 rings (SSSR count). The first-order valence-electron chi connectivity index (χ1n) is 9.98. The van der Waals surface area contributed by atoms with E-state index in [0.29, 0.717) is 0 Å². The van der Waals surface area contributed by atoms with Gasteiger partial charge in [0, 0.05) is 48.4 Å². The monoisotopic (exact) mass is 416 g/mol. The fourth-order valence-corrected chi connectivity index (χ4v) is 3.72. The highest BCUT2D eigenvalue weighted by molar-refractivity contribution is 5.82. The van der Waals surface area contributed by atoms with Crippen LogP contribution in [0.2, 0.25) is 0 Å². The van der Waals surface area contributed by atoms with Crippen molar-refractivity contribution in [3.63, 3.8) is 0 Å². The summed E-state index contributed by atoms with van der Waals surface area (Å²) in [6, 6.07) is 16.9. The van der Waals surface area contributed by atoms with Gasteiger partial charge >= 0.3 is 0 Å². The third kappa shape index (κ3) is 4.50. The van der Waals surface area contributed by atoms with Gasteiger partial charge in [-0.05, 0) is 66.8 Å². The van der Waals surface area contributed by atoms with Crippen LogP contribution >= 0.6 is 0 Å². The molecule has 0 unspecified atom stereocenters. The average Bonchev–Trinajstić information content (AvgIpc) is 3.11. The van der Waals surface area contributed by atoms with Crippen LogP contribution in [0.15, 0.2) is 73.1 Å². The van der Waals surface area contributed by atoms with Crippen molar-refractivity contribution in [2.24, 2.45) is 7.05 Å². The van der Waals surface area contributed by atoms with E-state index in [0.717, 1.165) is 52.9 Å². The fourth-order valence-electron chi connectivity index (χ4n) is 3.72. The first-order chi connectivity index (χ1) is 15.0. The van der Waals surface area contributed by atoms with Gasteiger partial charge in [-0.25, -0.2) is 4.39 Å². The summed E-state index contributed by atoms with van der Waals surface area (Å²) in [6.07, 6.45) is 5.93. The molecule has 4 aromatic rings. The molecule has 0 bridgehead atoms. The van der Waals surface area contributed by atoms with E-state index < -0.39 is 4.92 Å². The van der Waals surface area contributed by atoms with E-state index in [1.807, 2.05) is 23.9 Å². The highest BCUT2D eigenvalue weighted by Gasteiger charge is 2.19. The number of hydrogen-bond acceptors (Lipinski definition) is 4. The Kier molecular flexibility index (Phi) is 5.84. The van der Waals surface area contributed by atoms with Crippen LogP contribution in [0.1, 0.15) is 17.7 Å². The van der Waals surface area contributed by atoms with Crippen molar-refractivity contribution >= 4 is 5.69 Å². The molecule has 0 saturated carbocycles. The van der Waals surface area contributed by atoms with E-state index in [1.165, 1.54) is 24.3 Å². The standard InChI is InChI=1S/C24H21FN4O2/c1-28-22(4-2-3-17-5-11-21(12-6-17)29(30)31)23(18-13-15-26-16-14-18)24(27-28)19-7-9-20(25)10-8-19/h5-16H,2-4H2,1H3. The van der Waals surface area contributed by atoms with Crippen molar-refractivity contribution in [1.82, 2.24) is 14.8 Å². The van der Waals surface area contributed by atoms with E-state index in [9.17, 15) is 14.5 Å². The maximum absolute atomic E-state index is 13.4. The lowest BCUT2D eigenvalue weighted by atomic mass is 9.97. The summed E-state index contributed by atoms with van der Waals surface area (Å²) in [5.74, 6) is -0.284. The van der Waals surface area contributed by atoms with Crippen molar-refractivity contribution in [2.45, 2.75) is 19.3 Å². The van der Waals surface area contributed by atoms with Crippen LogP contribution in [0.5, 0.6) is 0 Å². The summed E-state index contributed by atoms with van der Waals surface area (Å²) in [6.45, 7) is 0. The number of hydrogen-bond donors (Lipinski definition) is 0. The van der Waals surface area contributed by atoms with Gasteiger partial charge < -0.3 is 0 Å². The van der Waals surface area contributed by atoms with Crippen LogP contribution in [0.25, 0.3) is 22.4 Å². The van der Waals surface area contributed by atoms with Gasteiger partial charge in [0.15, 0.2) is 0 Å². The Morgan fingerprint density at radius 2 is 1.61 bits per heavy atom. The number of rotatable bonds is 7. The molecule has 156 valence electrons.